The number of carbonyl (C=O) groups excluding carboxylic acids is 1. The minimum absolute atomic E-state index is 0.0274. The molecule has 0 aliphatic carbocycles. The van der Waals surface area contributed by atoms with Gasteiger partial charge in [0.2, 0.25) is 5.82 Å². The SMILES string of the molecule is COc1cc(Oc2nnc(C(F)(F)F)c(C)c2C(=O)Nc2cccc(S(C)(=N)=O)c2)cc(F)c1F. The quantitative estimate of drug-likeness (QED) is 0.437. The number of carbonyl (C=O) groups is 1. The first-order valence-corrected chi connectivity index (χ1v) is 11.5. The number of nitrogens with zero attached hydrogens (tertiary/aromatic N) is 2. The number of hydrogen-bond acceptors (Lipinski definition) is 7. The Morgan fingerprint density at radius 3 is 2.43 bits per heavy atom. The van der Waals surface area contributed by atoms with Gasteiger partial charge in [-0.2, -0.15) is 17.6 Å². The average Bonchev–Trinajstić information content (AvgIpc) is 2.74. The smallest absolute Gasteiger partial charge is 0.435 e. The largest absolute Gasteiger partial charge is 0.493 e. The molecule has 1 heterocycles. The number of aromatic nitrogens is 2. The van der Waals surface area contributed by atoms with Crippen molar-refractivity contribution < 1.29 is 40.4 Å². The van der Waals surface area contributed by atoms with Crippen molar-refractivity contribution in [2.24, 2.45) is 0 Å². The van der Waals surface area contributed by atoms with Crippen molar-refractivity contribution in [1.82, 2.24) is 10.2 Å². The molecule has 0 spiro atoms. The Kier molecular flexibility index (Phi) is 6.96. The van der Waals surface area contributed by atoms with Gasteiger partial charge in [-0.1, -0.05) is 6.07 Å². The zero-order valence-electron chi connectivity index (χ0n) is 18.3. The minimum Gasteiger partial charge on any atom is -0.493 e. The number of alkyl halides is 3. The number of rotatable bonds is 6. The Labute approximate surface area is 196 Å². The van der Waals surface area contributed by atoms with E-state index in [1.165, 1.54) is 24.3 Å². The van der Waals surface area contributed by atoms with E-state index in [2.05, 4.69) is 20.3 Å². The van der Waals surface area contributed by atoms with Gasteiger partial charge < -0.3 is 14.8 Å². The van der Waals surface area contributed by atoms with Crippen LogP contribution in [0.2, 0.25) is 0 Å². The van der Waals surface area contributed by atoms with Crippen LogP contribution in [0.4, 0.5) is 27.6 Å². The van der Waals surface area contributed by atoms with Gasteiger partial charge in [0.05, 0.1) is 16.8 Å². The summed E-state index contributed by atoms with van der Waals surface area (Å²) in [7, 11) is -2.09. The molecule has 1 atom stereocenters. The molecule has 14 heteroatoms. The van der Waals surface area contributed by atoms with E-state index in [4.69, 9.17) is 9.52 Å². The van der Waals surface area contributed by atoms with Crippen LogP contribution in [0.15, 0.2) is 41.3 Å². The first kappa shape index (κ1) is 25.8. The van der Waals surface area contributed by atoms with E-state index in [0.29, 0.717) is 6.07 Å². The van der Waals surface area contributed by atoms with Gasteiger partial charge in [0.15, 0.2) is 17.3 Å². The van der Waals surface area contributed by atoms with Crippen molar-refractivity contribution in [2.45, 2.75) is 18.0 Å². The lowest BCUT2D eigenvalue weighted by Crippen LogP contribution is -2.21. The Bertz CT molecular complexity index is 1410. The van der Waals surface area contributed by atoms with Gasteiger partial charge >= 0.3 is 6.18 Å². The monoisotopic (exact) mass is 516 g/mol. The third kappa shape index (κ3) is 5.65. The molecular weight excluding hydrogens is 499 g/mol. The summed E-state index contributed by atoms with van der Waals surface area (Å²) in [4.78, 5) is 13.1. The summed E-state index contributed by atoms with van der Waals surface area (Å²) in [5, 5.41) is 8.76. The third-order valence-corrected chi connectivity index (χ3v) is 5.78. The van der Waals surface area contributed by atoms with Gasteiger partial charge in [-0.05, 0) is 30.7 Å². The molecule has 0 fully saturated rings. The molecule has 0 radical (unpaired) electrons. The molecule has 1 unspecified atom stereocenters. The van der Waals surface area contributed by atoms with Gasteiger partial charge in [-0.25, -0.2) is 13.4 Å². The number of benzene rings is 2. The van der Waals surface area contributed by atoms with Crippen LogP contribution in [0.25, 0.3) is 0 Å². The molecular formula is C21H17F5N4O4S. The molecule has 3 aromatic rings. The van der Waals surface area contributed by atoms with Crippen molar-refractivity contribution >= 4 is 21.3 Å². The van der Waals surface area contributed by atoms with Gasteiger partial charge in [-0.15, -0.1) is 10.2 Å². The lowest BCUT2D eigenvalue weighted by molar-refractivity contribution is -0.142. The standard InChI is InChI=1S/C21H17F5N4O4S/c1-10-16(19(31)28-11-5-4-6-13(7-11)35(3,27)32)20(30-29-18(10)21(24,25)26)34-12-8-14(22)17(23)15(9-12)33-2/h4-9,27H,1-3H3,(H,28,31). The van der Waals surface area contributed by atoms with Crippen LogP contribution in [0.3, 0.4) is 0 Å². The van der Waals surface area contributed by atoms with Crippen LogP contribution in [0, 0.1) is 23.3 Å². The molecule has 3 rings (SSSR count). The molecule has 0 bridgehead atoms. The fraction of sp³-hybridized carbons (Fsp3) is 0.190. The summed E-state index contributed by atoms with van der Waals surface area (Å²) in [5.41, 5.74) is -2.77. The van der Waals surface area contributed by atoms with E-state index in [-0.39, 0.29) is 10.6 Å². The number of amides is 1. The molecule has 35 heavy (non-hydrogen) atoms. The van der Waals surface area contributed by atoms with E-state index in [1.54, 1.807) is 0 Å². The number of halogens is 5. The predicted octanol–water partition coefficient (Wildman–Crippen LogP) is 5.17. The molecule has 1 aromatic heterocycles. The van der Waals surface area contributed by atoms with E-state index in [0.717, 1.165) is 26.4 Å². The predicted molar refractivity (Wildman–Crippen MR) is 114 cm³/mol. The molecule has 2 N–H and O–H groups in total. The van der Waals surface area contributed by atoms with Crippen LogP contribution >= 0.6 is 0 Å². The highest BCUT2D eigenvalue weighted by Gasteiger charge is 2.38. The maximum atomic E-state index is 13.9. The summed E-state index contributed by atoms with van der Waals surface area (Å²) >= 11 is 0. The summed E-state index contributed by atoms with van der Waals surface area (Å²) in [5.74, 6) is -5.52. The van der Waals surface area contributed by atoms with Crippen molar-refractivity contribution in [3.8, 4) is 17.4 Å². The first-order valence-electron chi connectivity index (χ1n) is 9.53. The van der Waals surface area contributed by atoms with Crippen molar-refractivity contribution in [3.05, 3.63) is 64.9 Å². The molecule has 0 saturated carbocycles. The van der Waals surface area contributed by atoms with E-state index in [1.807, 2.05) is 0 Å². The average molecular weight is 516 g/mol. The second kappa shape index (κ2) is 9.44. The maximum absolute atomic E-state index is 13.9. The Hall–Kier alpha value is -3.81. The van der Waals surface area contributed by atoms with Gasteiger partial charge in [0.1, 0.15) is 11.3 Å². The molecule has 8 nitrogen and oxygen atoms in total. The van der Waals surface area contributed by atoms with Crippen LogP contribution in [-0.2, 0) is 15.9 Å². The second-order valence-electron chi connectivity index (χ2n) is 7.20. The zero-order valence-corrected chi connectivity index (χ0v) is 19.1. The summed E-state index contributed by atoms with van der Waals surface area (Å²) in [6.07, 6.45) is -3.81. The number of nitrogens with one attached hydrogen (secondary N) is 2. The molecule has 0 saturated heterocycles. The second-order valence-corrected chi connectivity index (χ2v) is 9.36. The fourth-order valence-electron chi connectivity index (χ4n) is 2.98. The zero-order chi connectivity index (χ0) is 26.1. The lowest BCUT2D eigenvalue weighted by Gasteiger charge is -2.16. The highest BCUT2D eigenvalue weighted by Crippen LogP contribution is 2.36. The molecule has 1 amide bonds. The first-order chi connectivity index (χ1) is 16.2. The van der Waals surface area contributed by atoms with Crippen molar-refractivity contribution in [1.29, 1.82) is 4.78 Å². The van der Waals surface area contributed by atoms with Crippen molar-refractivity contribution in [3.63, 3.8) is 0 Å². The lowest BCUT2D eigenvalue weighted by atomic mass is 10.1. The van der Waals surface area contributed by atoms with Gasteiger partial charge in [-0.3, -0.25) is 4.79 Å². The van der Waals surface area contributed by atoms with E-state index >= 15 is 0 Å². The van der Waals surface area contributed by atoms with Crippen LogP contribution in [0.1, 0.15) is 21.6 Å². The molecule has 0 aliphatic rings. The van der Waals surface area contributed by atoms with Crippen molar-refractivity contribution in [2.75, 3.05) is 18.7 Å². The molecule has 2 aromatic carbocycles. The highest BCUT2D eigenvalue weighted by molar-refractivity contribution is 7.91. The van der Waals surface area contributed by atoms with E-state index in [9.17, 15) is 31.0 Å². The Morgan fingerprint density at radius 2 is 1.83 bits per heavy atom. The topological polar surface area (TPSA) is 114 Å². The van der Waals surface area contributed by atoms with Crippen LogP contribution in [0.5, 0.6) is 17.4 Å². The molecule has 186 valence electrons. The van der Waals surface area contributed by atoms with Crippen LogP contribution in [-0.4, -0.2) is 33.7 Å². The normalized spacial score (nSPS) is 13.1. The fourth-order valence-corrected chi connectivity index (χ4v) is 3.67. The highest BCUT2D eigenvalue weighted by atomic mass is 32.2. The van der Waals surface area contributed by atoms with Gasteiger partial charge in [0, 0.05) is 29.0 Å². The number of methoxy groups -OCH3 is 1. The van der Waals surface area contributed by atoms with Crippen LogP contribution < -0.4 is 14.8 Å². The van der Waals surface area contributed by atoms with E-state index < -0.39 is 67.6 Å². The Balaban J connectivity index is 2.10. The molecule has 0 aliphatic heterocycles. The maximum Gasteiger partial charge on any atom is 0.435 e. The summed E-state index contributed by atoms with van der Waals surface area (Å²) < 4.78 is 97.5. The summed E-state index contributed by atoms with van der Waals surface area (Å²) in [6.45, 7) is 0.962. The summed E-state index contributed by atoms with van der Waals surface area (Å²) in [6, 6.07) is 6.86. The number of anilines is 1. The third-order valence-electron chi connectivity index (χ3n) is 4.62. The van der Waals surface area contributed by atoms with Gasteiger partial charge in [0.25, 0.3) is 11.8 Å². The minimum atomic E-state index is -4.96. The number of hydrogen-bond donors (Lipinski definition) is 2. The number of ether oxygens (including phenoxy) is 2. The Morgan fingerprint density at radius 1 is 1.14 bits per heavy atom.